The molecule has 8 nitrogen and oxygen atoms in total. The molecule has 3 N–H and O–H groups in total. The van der Waals surface area contributed by atoms with E-state index in [2.05, 4.69) is 4.98 Å². The number of rotatable bonds is 4. The van der Waals surface area contributed by atoms with Crippen molar-refractivity contribution in [3.8, 4) is 11.4 Å². The largest absolute Gasteiger partial charge is 0.458 e. The fourth-order valence-corrected chi connectivity index (χ4v) is 4.26. The van der Waals surface area contributed by atoms with E-state index < -0.39 is 12.1 Å². The average molecular weight is 425 g/mol. The van der Waals surface area contributed by atoms with Crippen LogP contribution in [0.1, 0.15) is 33.9 Å². The highest BCUT2D eigenvalue weighted by molar-refractivity contribution is 5.89. The van der Waals surface area contributed by atoms with Gasteiger partial charge in [0, 0.05) is 29.1 Å². The Bertz CT molecular complexity index is 1320. The zero-order chi connectivity index (χ0) is 21.9. The molecule has 3 aromatic rings. The molecule has 1 aromatic carbocycles. The summed E-state index contributed by atoms with van der Waals surface area (Å²) in [7, 11) is 0. The lowest BCUT2D eigenvalue weighted by atomic mass is 9.98. The Balaban J connectivity index is 1.76. The summed E-state index contributed by atoms with van der Waals surface area (Å²) in [6, 6.07) is 4.69. The number of benzene rings is 1. The molecule has 0 amide bonds. The molecule has 0 unspecified atom stereocenters. The van der Waals surface area contributed by atoms with E-state index in [1.165, 1.54) is 10.6 Å². The third kappa shape index (κ3) is 2.96. The third-order valence-corrected chi connectivity index (χ3v) is 5.86. The lowest BCUT2D eigenvalue weighted by Crippen LogP contribution is -2.32. The minimum atomic E-state index is -1.53. The van der Waals surface area contributed by atoms with Crippen LogP contribution in [0.15, 0.2) is 23.0 Å². The minimum Gasteiger partial charge on any atom is -0.458 e. The number of fused-ring (bicyclic) bond motifs is 5. The maximum Gasteiger partial charge on any atom is 0.340 e. The van der Waals surface area contributed by atoms with Crippen molar-refractivity contribution in [3.63, 3.8) is 0 Å². The van der Waals surface area contributed by atoms with Gasteiger partial charge in [-0.25, -0.2) is 14.2 Å². The van der Waals surface area contributed by atoms with E-state index in [0.717, 1.165) is 16.5 Å². The lowest BCUT2D eigenvalue weighted by molar-refractivity contribution is -0.157. The van der Waals surface area contributed by atoms with Gasteiger partial charge in [-0.1, -0.05) is 0 Å². The highest BCUT2D eigenvalue weighted by Gasteiger charge is 2.34. The van der Waals surface area contributed by atoms with Crippen molar-refractivity contribution in [2.45, 2.75) is 32.8 Å². The highest BCUT2D eigenvalue weighted by Crippen LogP contribution is 2.38. The number of aromatic nitrogens is 2. The molecular formula is C22H20FN3O5. The molecule has 0 spiro atoms. The number of hydrogen-bond acceptors (Lipinski definition) is 7. The Labute approximate surface area is 176 Å². The minimum absolute atomic E-state index is 0.188. The standard InChI is InChI=1S/C22H20FN3O5/c1-10-4-11-14(8-30-3-2-24)13-7-26-18(19(13)25-17(11)6-16(10)23)5-12-15(21(26)28)9-31-22(29)20(12)27/h4-6,20,27H,2-3,7-9,24H2,1H3/t20-/m0/s1. The van der Waals surface area contributed by atoms with Gasteiger partial charge in [0.2, 0.25) is 0 Å². The van der Waals surface area contributed by atoms with Crippen LogP contribution in [0.3, 0.4) is 0 Å². The summed E-state index contributed by atoms with van der Waals surface area (Å²) in [6.45, 7) is 2.69. The van der Waals surface area contributed by atoms with Gasteiger partial charge in [0.15, 0.2) is 6.10 Å². The number of cyclic esters (lactones) is 1. The number of esters is 1. The van der Waals surface area contributed by atoms with Crippen molar-refractivity contribution in [2.24, 2.45) is 5.73 Å². The van der Waals surface area contributed by atoms with Gasteiger partial charge >= 0.3 is 5.97 Å². The van der Waals surface area contributed by atoms with Crippen LogP contribution in [0.5, 0.6) is 0 Å². The SMILES string of the molecule is Cc1cc2c(COCCN)c3c(nc2cc1F)-c1cc2c(c(=O)n1C3)COC(=O)[C@H]2O. The second-order valence-electron chi connectivity index (χ2n) is 7.74. The smallest absolute Gasteiger partial charge is 0.340 e. The monoisotopic (exact) mass is 425 g/mol. The first-order chi connectivity index (χ1) is 14.9. The molecule has 31 heavy (non-hydrogen) atoms. The second kappa shape index (κ2) is 7.23. The molecule has 0 radical (unpaired) electrons. The van der Waals surface area contributed by atoms with Crippen molar-refractivity contribution in [1.82, 2.24) is 9.55 Å². The van der Waals surface area contributed by atoms with Crippen LogP contribution < -0.4 is 11.3 Å². The molecule has 0 saturated carbocycles. The molecule has 1 atom stereocenters. The zero-order valence-corrected chi connectivity index (χ0v) is 16.8. The van der Waals surface area contributed by atoms with Crippen molar-refractivity contribution in [1.29, 1.82) is 0 Å². The van der Waals surface area contributed by atoms with Crippen molar-refractivity contribution in [2.75, 3.05) is 13.2 Å². The first kappa shape index (κ1) is 19.8. The molecule has 9 heteroatoms. The van der Waals surface area contributed by atoms with Crippen LogP contribution >= 0.6 is 0 Å². The first-order valence-electron chi connectivity index (χ1n) is 9.91. The summed E-state index contributed by atoms with van der Waals surface area (Å²) in [5.74, 6) is -1.18. The quantitative estimate of drug-likeness (QED) is 0.375. The Morgan fingerprint density at radius 3 is 2.90 bits per heavy atom. The maximum atomic E-state index is 14.3. The topological polar surface area (TPSA) is 117 Å². The van der Waals surface area contributed by atoms with Crippen LogP contribution in [0.2, 0.25) is 0 Å². The van der Waals surface area contributed by atoms with E-state index >= 15 is 0 Å². The third-order valence-electron chi connectivity index (χ3n) is 5.86. The number of carbonyl (C=O) groups excluding carboxylic acids is 1. The van der Waals surface area contributed by atoms with Gasteiger partial charge in [-0.15, -0.1) is 0 Å². The number of aliphatic hydroxyl groups is 1. The fourth-order valence-electron chi connectivity index (χ4n) is 4.26. The van der Waals surface area contributed by atoms with Crippen molar-refractivity contribution >= 4 is 16.9 Å². The maximum absolute atomic E-state index is 14.3. The molecule has 2 aliphatic rings. The summed E-state index contributed by atoms with van der Waals surface area (Å²) in [5.41, 5.74) is 9.16. The van der Waals surface area contributed by atoms with Gasteiger partial charge in [0.1, 0.15) is 12.4 Å². The Morgan fingerprint density at radius 2 is 2.13 bits per heavy atom. The summed E-state index contributed by atoms with van der Waals surface area (Å²) < 4.78 is 26.4. The van der Waals surface area contributed by atoms with E-state index in [0.29, 0.717) is 35.6 Å². The summed E-state index contributed by atoms with van der Waals surface area (Å²) in [4.78, 5) is 29.6. The van der Waals surface area contributed by atoms with Crippen LogP contribution in [-0.4, -0.2) is 33.8 Å². The highest BCUT2D eigenvalue weighted by atomic mass is 19.1. The molecule has 160 valence electrons. The van der Waals surface area contributed by atoms with E-state index in [-0.39, 0.29) is 42.3 Å². The van der Waals surface area contributed by atoms with E-state index in [1.54, 1.807) is 19.1 Å². The number of ether oxygens (including phenoxy) is 2. The summed E-state index contributed by atoms with van der Waals surface area (Å²) >= 11 is 0. The summed E-state index contributed by atoms with van der Waals surface area (Å²) in [6.07, 6.45) is -1.53. The van der Waals surface area contributed by atoms with E-state index in [1.807, 2.05) is 0 Å². The number of nitrogens with zero attached hydrogens (tertiary/aromatic N) is 2. The predicted molar refractivity (Wildman–Crippen MR) is 109 cm³/mol. The molecule has 0 bridgehead atoms. The van der Waals surface area contributed by atoms with Crippen molar-refractivity contribution in [3.05, 3.63) is 62.2 Å². The average Bonchev–Trinajstić information content (AvgIpc) is 3.11. The van der Waals surface area contributed by atoms with E-state index in [4.69, 9.17) is 15.2 Å². The van der Waals surface area contributed by atoms with Crippen LogP contribution in [0, 0.1) is 12.7 Å². The second-order valence-corrected chi connectivity index (χ2v) is 7.74. The number of carbonyl (C=O) groups is 1. The number of aliphatic hydroxyl groups excluding tert-OH is 1. The molecule has 0 aliphatic carbocycles. The molecule has 5 rings (SSSR count). The Kier molecular flexibility index (Phi) is 4.62. The van der Waals surface area contributed by atoms with Gasteiger partial charge < -0.3 is 24.9 Å². The van der Waals surface area contributed by atoms with Gasteiger partial charge in [-0.05, 0) is 30.2 Å². The number of halogens is 1. The first-order valence-corrected chi connectivity index (χ1v) is 9.91. The number of hydrogen-bond donors (Lipinski definition) is 2. The predicted octanol–water partition coefficient (Wildman–Crippen LogP) is 1.44. The van der Waals surface area contributed by atoms with Gasteiger partial charge in [-0.3, -0.25) is 4.79 Å². The number of pyridine rings is 2. The molecule has 0 saturated heterocycles. The molecule has 4 heterocycles. The summed E-state index contributed by atoms with van der Waals surface area (Å²) in [5, 5.41) is 11.0. The molecule has 2 aliphatic heterocycles. The zero-order valence-electron chi connectivity index (χ0n) is 16.8. The Morgan fingerprint density at radius 1 is 1.32 bits per heavy atom. The van der Waals surface area contributed by atoms with Gasteiger partial charge in [-0.2, -0.15) is 0 Å². The van der Waals surface area contributed by atoms with Gasteiger partial charge in [0.25, 0.3) is 5.56 Å². The van der Waals surface area contributed by atoms with Gasteiger partial charge in [0.05, 0.1) is 42.2 Å². The van der Waals surface area contributed by atoms with E-state index in [9.17, 15) is 19.1 Å². The normalized spacial score (nSPS) is 16.8. The van der Waals surface area contributed by atoms with Crippen LogP contribution in [0.25, 0.3) is 22.3 Å². The van der Waals surface area contributed by atoms with Crippen LogP contribution in [0.4, 0.5) is 4.39 Å². The van der Waals surface area contributed by atoms with Crippen molar-refractivity contribution < 1.29 is 23.8 Å². The fraction of sp³-hybridized carbons (Fsp3) is 0.318. The molecule has 0 fully saturated rings. The molecule has 2 aromatic heterocycles. The Hall–Kier alpha value is -3.14. The lowest BCUT2D eigenvalue weighted by Gasteiger charge is -2.21. The molecular weight excluding hydrogens is 405 g/mol. The number of aryl methyl sites for hydroxylation is 1. The number of nitrogens with two attached hydrogens (primary N) is 1. The van der Waals surface area contributed by atoms with Crippen LogP contribution in [-0.2, 0) is 34.0 Å².